The van der Waals surface area contributed by atoms with E-state index >= 15 is 0 Å². The predicted molar refractivity (Wildman–Crippen MR) is 83.1 cm³/mol. The molecule has 8 heteroatoms. The number of alkyl halides is 3. The minimum Gasteiger partial charge on any atom is -0.488 e. The highest BCUT2D eigenvalue weighted by molar-refractivity contribution is 7.89. The van der Waals surface area contributed by atoms with Gasteiger partial charge in [-0.1, -0.05) is 24.3 Å². The summed E-state index contributed by atoms with van der Waals surface area (Å²) >= 11 is 0. The van der Waals surface area contributed by atoms with E-state index in [1.807, 2.05) is 0 Å². The number of ether oxygens (including phenoxy) is 1. The SMILES string of the molecule is CN(C)S(=O)(=O)c1cccc(COc2ccccc2C(F)(F)F)c1. The van der Waals surface area contributed by atoms with Gasteiger partial charge in [0.15, 0.2) is 0 Å². The molecule has 2 rings (SSSR count). The molecule has 0 aliphatic heterocycles. The van der Waals surface area contributed by atoms with E-state index in [-0.39, 0.29) is 17.3 Å². The summed E-state index contributed by atoms with van der Waals surface area (Å²) in [5.74, 6) is -0.300. The second kappa shape index (κ2) is 6.82. The minimum atomic E-state index is -4.52. The zero-order valence-corrected chi connectivity index (χ0v) is 13.9. The lowest BCUT2D eigenvalue weighted by molar-refractivity contribution is -0.139. The smallest absolute Gasteiger partial charge is 0.419 e. The normalized spacial score (nSPS) is 12.4. The number of para-hydroxylation sites is 1. The molecule has 0 saturated carbocycles. The molecule has 130 valence electrons. The van der Waals surface area contributed by atoms with Crippen LogP contribution in [0.5, 0.6) is 5.75 Å². The number of hydrogen-bond acceptors (Lipinski definition) is 3. The van der Waals surface area contributed by atoms with Crippen LogP contribution in [-0.4, -0.2) is 26.8 Å². The third kappa shape index (κ3) is 4.07. The third-order valence-corrected chi connectivity index (χ3v) is 5.07. The molecule has 0 N–H and O–H groups in total. The Morgan fingerprint density at radius 2 is 1.71 bits per heavy atom. The van der Waals surface area contributed by atoms with Crippen LogP contribution in [0.2, 0.25) is 0 Å². The largest absolute Gasteiger partial charge is 0.488 e. The van der Waals surface area contributed by atoms with Crippen molar-refractivity contribution in [3.63, 3.8) is 0 Å². The molecular weight excluding hydrogens is 343 g/mol. The number of nitrogens with zero attached hydrogens (tertiary/aromatic N) is 1. The van der Waals surface area contributed by atoms with Crippen LogP contribution in [0.3, 0.4) is 0 Å². The van der Waals surface area contributed by atoms with E-state index in [9.17, 15) is 21.6 Å². The van der Waals surface area contributed by atoms with E-state index < -0.39 is 21.8 Å². The Bertz CT molecular complexity index is 817. The van der Waals surface area contributed by atoms with Gasteiger partial charge < -0.3 is 4.74 Å². The van der Waals surface area contributed by atoms with Gasteiger partial charge >= 0.3 is 6.18 Å². The van der Waals surface area contributed by atoms with Gasteiger partial charge in [0.05, 0.1) is 10.5 Å². The molecule has 0 aliphatic carbocycles. The highest BCUT2D eigenvalue weighted by Gasteiger charge is 2.34. The van der Waals surface area contributed by atoms with Gasteiger partial charge in [-0.2, -0.15) is 13.2 Å². The van der Waals surface area contributed by atoms with Crippen molar-refractivity contribution < 1.29 is 26.3 Å². The lowest BCUT2D eigenvalue weighted by atomic mass is 10.2. The molecule has 0 aliphatic rings. The molecule has 2 aromatic carbocycles. The van der Waals surface area contributed by atoms with Crippen LogP contribution in [0.4, 0.5) is 13.2 Å². The summed E-state index contributed by atoms with van der Waals surface area (Å²) in [7, 11) is -0.814. The fourth-order valence-electron chi connectivity index (χ4n) is 1.99. The average Bonchev–Trinajstić information content (AvgIpc) is 2.52. The van der Waals surface area contributed by atoms with Crippen LogP contribution in [0.25, 0.3) is 0 Å². The second-order valence-corrected chi connectivity index (χ2v) is 7.37. The predicted octanol–water partition coefficient (Wildman–Crippen LogP) is 3.53. The Morgan fingerprint density at radius 1 is 1.04 bits per heavy atom. The molecule has 0 saturated heterocycles. The fraction of sp³-hybridized carbons (Fsp3) is 0.250. The van der Waals surface area contributed by atoms with E-state index in [1.165, 1.54) is 50.5 Å². The second-order valence-electron chi connectivity index (χ2n) is 5.22. The summed E-state index contributed by atoms with van der Waals surface area (Å²) in [5, 5.41) is 0. The van der Waals surface area contributed by atoms with Crippen LogP contribution in [-0.2, 0) is 22.8 Å². The van der Waals surface area contributed by atoms with Gasteiger partial charge in [-0.05, 0) is 29.8 Å². The summed E-state index contributed by atoms with van der Waals surface area (Å²) in [6.07, 6.45) is -4.52. The van der Waals surface area contributed by atoms with Crippen LogP contribution in [0, 0.1) is 0 Å². The molecule has 2 aromatic rings. The van der Waals surface area contributed by atoms with Crippen molar-refractivity contribution >= 4 is 10.0 Å². The summed E-state index contributed by atoms with van der Waals surface area (Å²) in [6, 6.07) is 10.8. The number of benzene rings is 2. The summed E-state index contributed by atoms with van der Waals surface area (Å²) in [4.78, 5) is 0.0534. The molecule has 24 heavy (non-hydrogen) atoms. The Morgan fingerprint density at radius 3 is 2.33 bits per heavy atom. The highest BCUT2D eigenvalue weighted by Crippen LogP contribution is 2.36. The number of halogens is 3. The van der Waals surface area contributed by atoms with Crippen molar-refractivity contribution in [2.45, 2.75) is 17.7 Å². The zero-order chi connectivity index (χ0) is 18.0. The first-order chi connectivity index (χ1) is 11.1. The van der Waals surface area contributed by atoms with Crippen molar-refractivity contribution in [3.05, 3.63) is 59.7 Å². The van der Waals surface area contributed by atoms with Crippen molar-refractivity contribution in [1.29, 1.82) is 0 Å². The van der Waals surface area contributed by atoms with Gasteiger partial charge in [0, 0.05) is 14.1 Å². The quantitative estimate of drug-likeness (QED) is 0.820. The molecule has 0 heterocycles. The minimum absolute atomic E-state index is 0.0534. The Balaban J connectivity index is 2.23. The summed E-state index contributed by atoms with van der Waals surface area (Å²) in [5.41, 5.74) is -0.419. The third-order valence-electron chi connectivity index (χ3n) is 3.26. The number of sulfonamides is 1. The van der Waals surface area contributed by atoms with Crippen LogP contribution < -0.4 is 4.74 Å². The average molecular weight is 359 g/mol. The maximum absolute atomic E-state index is 12.9. The lowest BCUT2D eigenvalue weighted by Gasteiger charge is -2.15. The van der Waals surface area contributed by atoms with Gasteiger partial charge in [-0.15, -0.1) is 0 Å². The first-order valence-electron chi connectivity index (χ1n) is 6.93. The van der Waals surface area contributed by atoms with Gasteiger partial charge in [0.1, 0.15) is 12.4 Å². The molecule has 0 spiro atoms. The first kappa shape index (κ1) is 18.3. The van der Waals surface area contributed by atoms with E-state index in [4.69, 9.17) is 4.74 Å². The molecule has 0 radical (unpaired) electrons. The molecule has 0 fully saturated rings. The van der Waals surface area contributed by atoms with Crippen LogP contribution in [0.15, 0.2) is 53.4 Å². The van der Waals surface area contributed by atoms with E-state index in [2.05, 4.69) is 0 Å². The van der Waals surface area contributed by atoms with Crippen molar-refractivity contribution in [2.75, 3.05) is 14.1 Å². The van der Waals surface area contributed by atoms with Crippen molar-refractivity contribution in [2.24, 2.45) is 0 Å². The molecule has 0 bridgehead atoms. The molecule has 0 atom stereocenters. The number of hydrogen-bond donors (Lipinski definition) is 0. The molecule has 4 nitrogen and oxygen atoms in total. The zero-order valence-electron chi connectivity index (χ0n) is 13.0. The highest BCUT2D eigenvalue weighted by atomic mass is 32.2. The van der Waals surface area contributed by atoms with Gasteiger partial charge in [-0.25, -0.2) is 12.7 Å². The van der Waals surface area contributed by atoms with E-state index in [1.54, 1.807) is 6.07 Å². The van der Waals surface area contributed by atoms with Crippen molar-refractivity contribution in [3.8, 4) is 5.75 Å². The van der Waals surface area contributed by atoms with Gasteiger partial charge in [-0.3, -0.25) is 0 Å². The molecule has 0 amide bonds. The van der Waals surface area contributed by atoms with E-state index in [0.29, 0.717) is 5.56 Å². The monoisotopic (exact) mass is 359 g/mol. The Hall–Kier alpha value is -2.06. The maximum Gasteiger partial charge on any atom is 0.419 e. The summed E-state index contributed by atoms with van der Waals surface area (Å²) < 4.78 is 69.2. The van der Waals surface area contributed by atoms with Crippen molar-refractivity contribution in [1.82, 2.24) is 4.31 Å². The topological polar surface area (TPSA) is 46.6 Å². The van der Waals surface area contributed by atoms with Gasteiger partial charge in [0.2, 0.25) is 10.0 Å². The maximum atomic E-state index is 12.9. The van der Waals surface area contributed by atoms with E-state index in [0.717, 1.165) is 10.4 Å². The van der Waals surface area contributed by atoms with Crippen LogP contribution in [0.1, 0.15) is 11.1 Å². The lowest BCUT2D eigenvalue weighted by Crippen LogP contribution is -2.22. The molecule has 0 aromatic heterocycles. The summed E-state index contributed by atoms with van der Waals surface area (Å²) in [6.45, 7) is -0.177. The first-order valence-corrected chi connectivity index (χ1v) is 8.37. The van der Waals surface area contributed by atoms with Gasteiger partial charge in [0.25, 0.3) is 0 Å². The number of rotatable bonds is 5. The molecule has 0 unspecified atom stereocenters. The Labute approximate surface area is 138 Å². The Kier molecular flexibility index (Phi) is 5.19. The standard InChI is InChI=1S/C16H16F3NO3S/c1-20(2)24(21,22)13-7-5-6-12(10-13)11-23-15-9-4-3-8-14(15)16(17,18)19/h3-10H,11H2,1-2H3. The molecular formula is C16H16F3NO3S. The fourth-order valence-corrected chi connectivity index (χ4v) is 2.97. The van der Waals surface area contributed by atoms with Crippen LogP contribution >= 0.6 is 0 Å².